The van der Waals surface area contributed by atoms with Crippen LogP contribution >= 0.6 is 0 Å². The summed E-state index contributed by atoms with van der Waals surface area (Å²) in [5, 5.41) is 12.4. The zero-order valence-electron chi connectivity index (χ0n) is 10.3. The Labute approximate surface area is 106 Å². The van der Waals surface area contributed by atoms with E-state index in [0.717, 1.165) is 31.3 Å². The molecule has 2 aliphatic rings. The lowest BCUT2D eigenvalue weighted by molar-refractivity contribution is 0.0658. The first-order valence-electron chi connectivity index (χ1n) is 6.50. The maximum atomic E-state index is 10.7. The first-order valence-corrected chi connectivity index (χ1v) is 6.50. The molecule has 0 aliphatic carbocycles. The van der Waals surface area contributed by atoms with Gasteiger partial charge in [0.15, 0.2) is 0 Å². The molecule has 1 aromatic heterocycles. The predicted molar refractivity (Wildman–Crippen MR) is 65.5 cm³/mol. The van der Waals surface area contributed by atoms with Gasteiger partial charge >= 0.3 is 5.97 Å². The third kappa shape index (κ3) is 2.28. The zero-order chi connectivity index (χ0) is 12.5. The number of piperidine rings is 1. The van der Waals surface area contributed by atoms with Crippen LogP contribution in [0.15, 0.2) is 16.5 Å². The summed E-state index contributed by atoms with van der Waals surface area (Å²) < 4.78 is 5.30. The molecule has 0 radical (unpaired) electrons. The molecule has 2 saturated heterocycles. The van der Waals surface area contributed by atoms with Gasteiger partial charge in [0.2, 0.25) is 5.76 Å². The highest BCUT2D eigenvalue weighted by atomic mass is 16.4. The molecule has 1 aromatic rings. The van der Waals surface area contributed by atoms with Crippen LogP contribution in [0, 0.1) is 5.92 Å². The van der Waals surface area contributed by atoms with Gasteiger partial charge in [-0.05, 0) is 37.4 Å². The lowest BCUT2D eigenvalue weighted by Gasteiger charge is -2.24. The number of hydrogen-bond donors (Lipinski definition) is 2. The molecule has 0 unspecified atom stereocenters. The summed E-state index contributed by atoms with van der Waals surface area (Å²) in [5.74, 6) is 0.511. The van der Waals surface area contributed by atoms with Gasteiger partial charge in [-0.15, -0.1) is 0 Å². The van der Waals surface area contributed by atoms with Crippen molar-refractivity contribution in [3.05, 3.63) is 23.7 Å². The molecule has 2 aliphatic heterocycles. The van der Waals surface area contributed by atoms with E-state index < -0.39 is 5.97 Å². The van der Waals surface area contributed by atoms with E-state index in [4.69, 9.17) is 9.52 Å². The normalized spacial score (nSPS) is 28.2. The van der Waals surface area contributed by atoms with E-state index >= 15 is 0 Å². The Morgan fingerprint density at radius 3 is 3.11 bits per heavy atom. The smallest absolute Gasteiger partial charge is 0.371 e. The Hall–Kier alpha value is -1.33. The van der Waals surface area contributed by atoms with Crippen LogP contribution in [-0.2, 0) is 6.54 Å². The molecular weight excluding hydrogens is 232 g/mol. The summed E-state index contributed by atoms with van der Waals surface area (Å²) in [6.07, 6.45) is 2.56. The molecule has 98 valence electrons. The van der Waals surface area contributed by atoms with E-state index in [2.05, 4.69) is 10.2 Å². The van der Waals surface area contributed by atoms with Gasteiger partial charge in [-0.3, -0.25) is 4.90 Å². The Morgan fingerprint density at radius 1 is 1.50 bits per heavy atom. The lowest BCUT2D eigenvalue weighted by Crippen LogP contribution is -2.40. The fourth-order valence-electron chi connectivity index (χ4n) is 3.06. The van der Waals surface area contributed by atoms with E-state index in [1.54, 1.807) is 6.07 Å². The molecule has 3 rings (SSSR count). The predicted octanol–water partition coefficient (Wildman–Crippen LogP) is 1.16. The number of hydrogen-bond acceptors (Lipinski definition) is 4. The summed E-state index contributed by atoms with van der Waals surface area (Å²) in [7, 11) is 0. The molecule has 0 bridgehead atoms. The minimum absolute atomic E-state index is 0.0275. The topological polar surface area (TPSA) is 65.7 Å². The molecule has 2 atom stereocenters. The molecular formula is C13H18N2O3. The van der Waals surface area contributed by atoms with Gasteiger partial charge in [0, 0.05) is 19.1 Å². The maximum absolute atomic E-state index is 10.7. The van der Waals surface area contributed by atoms with Gasteiger partial charge in [-0.2, -0.15) is 0 Å². The van der Waals surface area contributed by atoms with Crippen molar-refractivity contribution < 1.29 is 14.3 Å². The molecule has 5 heteroatoms. The molecule has 2 fully saturated rings. The summed E-state index contributed by atoms with van der Waals surface area (Å²) in [6, 6.07) is 3.89. The van der Waals surface area contributed by atoms with Crippen molar-refractivity contribution in [2.75, 3.05) is 19.6 Å². The van der Waals surface area contributed by atoms with E-state index in [1.807, 2.05) is 0 Å². The number of rotatable bonds is 3. The minimum Gasteiger partial charge on any atom is -0.475 e. The third-order valence-corrected chi connectivity index (χ3v) is 3.93. The van der Waals surface area contributed by atoms with Gasteiger partial charge in [0.25, 0.3) is 0 Å². The van der Waals surface area contributed by atoms with Gasteiger partial charge in [-0.25, -0.2) is 4.79 Å². The molecule has 0 aromatic carbocycles. The number of nitrogens with one attached hydrogen (secondary N) is 1. The van der Waals surface area contributed by atoms with Crippen LogP contribution in [0.2, 0.25) is 0 Å². The van der Waals surface area contributed by atoms with Crippen LogP contribution < -0.4 is 5.32 Å². The second kappa shape index (κ2) is 4.74. The first kappa shape index (κ1) is 11.7. The number of likely N-dealkylation sites (tertiary alicyclic amines) is 1. The Kier molecular flexibility index (Phi) is 3.09. The Bertz CT molecular complexity index is 429. The first-order chi connectivity index (χ1) is 8.72. The summed E-state index contributed by atoms with van der Waals surface area (Å²) in [6.45, 7) is 3.95. The van der Waals surface area contributed by atoms with Crippen LogP contribution in [0.1, 0.15) is 29.2 Å². The van der Waals surface area contributed by atoms with Crippen LogP contribution in [0.3, 0.4) is 0 Å². The van der Waals surface area contributed by atoms with E-state index in [0.29, 0.717) is 12.6 Å². The summed E-state index contributed by atoms with van der Waals surface area (Å²) in [4.78, 5) is 13.1. The van der Waals surface area contributed by atoms with Crippen molar-refractivity contribution in [2.45, 2.75) is 25.4 Å². The van der Waals surface area contributed by atoms with Gasteiger partial charge < -0.3 is 14.8 Å². The Balaban J connectivity index is 1.61. The molecule has 0 amide bonds. The fraction of sp³-hybridized carbons (Fsp3) is 0.615. The second-order valence-corrected chi connectivity index (χ2v) is 5.23. The van der Waals surface area contributed by atoms with E-state index in [9.17, 15) is 4.79 Å². The molecule has 0 spiro atoms. The van der Waals surface area contributed by atoms with E-state index in [1.165, 1.54) is 18.9 Å². The standard InChI is InChI=1S/C13H18N2O3/c16-13(17)12-4-3-10(18-12)7-15-6-9-2-1-5-14-11(9)8-15/h3-4,9,11,14H,1-2,5-8H2,(H,16,17)/t9-,11+/m0/s1. The van der Waals surface area contributed by atoms with E-state index in [-0.39, 0.29) is 5.76 Å². The van der Waals surface area contributed by atoms with Crippen LogP contribution in [-0.4, -0.2) is 41.7 Å². The van der Waals surface area contributed by atoms with Crippen molar-refractivity contribution in [1.29, 1.82) is 0 Å². The maximum Gasteiger partial charge on any atom is 0.371 e. The minimum atomic E-state index is -1.00. The number of carbonyl (C=O) groups is 1. The van der Waals surface area contributed by atoms with Crippen molar-refractivity contribution in [3.63, 3.8) is 0 Å². The Morgan fingerprint density at radius 2 is 2.39 bits per heavy atom. The number of aromatic carboxylic acids is 1. The van der Waals surface area contributed by atoms with Crippen LogP contribution in [0.5, 0.6) is 0 Å². The average Bonchev–Trinajstić information content (AvgIpc) is 2.94. The van der Waals surface area contributed by atoms with Crippen molar-refractivity contribution in [3.8, 4) is 0 Å². The number of nitrogens with zero attached hydrogens (tertiary/aromatic N) is 1. The number of furan rings is 1. The van der Waals surface area contributed by atoms with Crippen LogP contribution in [0.4, 0.5) is 0 Å². The monoisotopic (exact) mass is 250 g/mol. The molecule has 18 heavy (non-hydrogen) atoms. The highest BCUT2D eigenvalue weighted by Crippen LogP contribution is 2.26. The molecule has 3 heterocycles. The third-order valence-electron chi connectivity index (χ3n) is 3.93. The highest BCUT2D eigenvalue weighted by molar-refractivity contribution is 5.84. The van der Waals surface area contributed by atoms with Crippen molar-refractivity contribution in [2.24, 2.45) is 5.92 Å². The molecule has 0 saturated carbocycles. The van der Waals surface area contributed by atoms with Gasteiger partial charge in [0.05, 0.1) is 6.54 Å². The van der Waals surface area contributed by atoms with Crippen molar-refractivity contribution >= 4 is 5.97 Å². The number of carboxylic acid groups (broad SMARTS) is 1. The second-order valence-electron chi connectivity index (χ2n) is 5.23. The van der Waals surface area contributed by atoms with Gasteiger partial charge in [0.1, 0.15) is 5.76 Å². The lowest BCUT2D eigenvalue weighted by atomic mass is 9.94. The van der Waals surface area contributed by atoms with Crippen LogP contribution in [0.25, 0.3) is 0 Å². The number of fused-ring (bicyclic) bond motifs is 1. The summed E-state index contributed by atoms with van der Waals surface area (Å²) >= 11 is 0. The van der Waals surface area contributed by atoms with Crippen molar-refractivity contribution in [1.82, 2.24) is 10.2 Å². The SMILES string of the molecule is O=C(O)c1ccc(CN2C[C@@H]3CCCN[C@@H]3C2)o1. The average molecular weight is 250 g/mol. The fourth-order valence-corrected chi connectivity index (χ4v) is 3.06. The zero-order valence-corrected chi connectivity index (χ0v) is 10.3. The number of carboxylic acids is 1. The largest absolute Gasteiger partial charge is 0.475 e. The molecule has 5 nitrogen and oxygen atoms in total. The summed E-state index contributed by atoms with van der Waals surface area (Å²) in [5.41, 5.74) is 0. The highest BCUT2D eigenvalue weighted by Gasteiger charge is 2.34. The molecule has 2 N–H and O–H groups in total. The van der Waals surface area contributed by atoms with Gasteiger partial charge in [-0.1, -0.05) is 0 Å². The quantitative estimate of drug-likeness (QED) is 0.842.